The number of Topliss-reactive ketones (excluding diaryl/α,β-unsaturated/α-hetero) is 1. The maximum atomic E-state index is 12.0. The van der Waals surface area contributed by atoms with E-state index in [9.17, 15) is 10.1 Å². The maximum absolute atomic E-state index is 12.0. The molecule has 5 nitrogen and oxygen atoms in total. The Bertz CT molecular complexity index is 781. The van der Waals surface area contributed by atoms with E-state index >= 15 is 0 Å². The summed E-state index contributed by atoms with van der Waals surface area (Å²) >= 11 is 0. The molecule has 0 unspecified atom stereocenters. The van der Waals surface area contributed by atoms with Crippen LogP contribution in [0.1, 0.15) is 25.8 Å². The summed E-state index contributed by atoms with van der Waals surface area (Å²) in [6, 6.07) is 9.75. The number of aromatic nitrogens is 1. The van der Waals surface area contributed by atoms with Crippen LogP contribution in [0, 0.1) is 11.3 Å². The Hall–Kier alpha value is -2.45. The molecular weight excluding hydrogens is 290 g/mol. The molecule has 5 heteroatoms. The molecule has 0 saturated carbocycles. The second kappa shape index (κ2) is 6.35. The number of anilines is 1. The summed E-state index contributed by atoms with van der Waals surface area (Å²) in [4.78, 5) is 18.6. The minimum Gasteiger partial charge on any atom is -0.365 e. The first-order valence-electron chi connectivity index (χ1n) is 7.85. The Morgan fingerprint density at radius 3 is 3.00 bits per heavy atom. The van der Waals surface area contributed by atoms with Crippen LogP contribution in [0.25, 0.3) is 10.9 Å². The van der Waals surface area contributed by atoms with E-state index in [1.54, 1.807) is 12.3 Å². The fourth-order valence-corrected chi connectivity index (χ4v) is 3.08. The monoisotopic (exact) mass is 309 g/mol. The van der Waals surface area contributed by atoms with Gasteiger partial charge in [-0.05, 0) is 31.2 Å². The molecule has 0 amide bonds. The summed E-state index contributed by atoms with van der Waals surface area (Å²) in [6.45, 7) is 5.08. The zero-order chi connectivity index (χ0) is 16.4. The normalized spacial score (nSPS) is 21.2. The van der Waals surface area contributed by atoms with Gasteiger partial charge in [-0.1, -0.05) is 6.92 Å². The summed E-state index contributed by atoms with van der Waals surface area (Å²) in [5, 5.41) is 10.2. The number of nitrogens with zero attached hydrogens (tertiary/aromatic N) is 3. The molecule has 1 aromatic carbocycles. The summed E-state index contributed by atoms with van der Waals surface area (Å²) in [5.74, 6) is 0.123. The summed E-state index contributed by atoms with van der Waals surface area (Å²) in [5.41, 5.74) is 2.26. The van der Waals surface area contributed by atoms with E-state index in [-0.39, 0.29) is 11.9 Å². The molecule has 2 heterocycles. The largest absolute Gasteiger partial charge is 0.365 e. The van der Waals surface area contributed by atoms with Crippen molar-refractivity contribution in [2.75, 3.05) is 18.0 Å². The van der Waals surface area contributed by atoms with Crippen molar-refractivity contribution in [1.29, 1.82) is 5.26 Å². The van der Waals surface area contributed by atoms with Crippen LogP contribution in [0.2, 0.25) is 0 Å². The van der Waals surface area contributed by atoms with Crippen LogP contribution in [-0.4, -0.2) is 36.1 Å². The van der Waals surface area contributed by atoms with E-state index in [4.69, 9.17) is 4.74 Å². The van der Waals surface area contributed by atoms with Gasteiger partial charge in [0.25, 0.3) is 0 Å². The molecule has 1 aliphatic rings. The summed E-state index contributed by atoms with van der Waals surface area (Å²) in [7, 11) is 0. The van der Waals surface area contributed by atoms with E-state index in [1.165, 1.54) is 0 Å². The predicted molar refractivity (Wildman–Crippen MR) is 88.3 cm³/mol. The third-order valence-corrected chi connectivity index (χ3v) is 4.18. The molecule has 1 aliphatic heterocycles. The minimum atomic E-state index is -0.397. The van der Waals surface area contributed by atoms with Gasteiger partial charge in [-0.15, -0.1) is 0 Å². The van der Waals surface area contributed by atoms with Gasteiger partial charge < -0.3 is 9.64 Å². The van der Waals surface area contributed by atoms with Crippen LogP contribution in [0.3, 0.4) is 0 Å². The Balaban J connectivity index is 2.03. The standard InChI is InChI=1S/C18H19N3O2/c1-3-16(22)17-11-21(10-12(2)23-17)15-7-6-13(9-19)18-14(15)5-4-8-20-18/h4-8,12,17H,3,10-11H2,1-2H3/t12-,17-/m1/s1. The van der Waals surface area contributed by atoms with Gasteiger partial charge in [0.15, 0.2) is 5.78 Å². The maximum Gasteiger partial charge on any atom is 0.163 e. The smallest absolute Gasteiger partial charge is 0.163 e. The Morgan fingerprint density at radius 1 is 1.43 bits per heavy atom. The molecule has 0 aliphatic carbocycles. The van der Waals surface area contributed by atoms with Crippen molar-refractivity contribution in [2.24, 2.45) is 0 Å². The van der Waals surface area contributed by atoms with Gasteiger partial charge in [0.1, 0.15) is 12.2 Å². The highest BCUT2D eigenvalue weighted by Crippen LogP contribution is 2.30. The van der Waals surface area contributed by atoms with E-state index < -0.39 is 6.10 Å². The van der Waals surface area contributed by atoms with Crippen LogP contribution in [-0.2, 0) is 9.53 Å². The number of nitriles is 1. The van der Waals surface area contributed by atoms with Gasteiger partial charge in [-0.2, -0.15) is 5.26 Å². The Morgan fingerprint density at radius 2 is 2.26 bits per heavy atom. The quantitative estimate of drug-likeness (QED) is 0.872. The Labute approximate surface area is 135 Å². The number of hydrogen-bond donors (Lipinski definition) is 0. The van der Waals surface area contributed by atoms with E-state index in [2.05, 4.69) is 16.0 Å². The number of rotatable bonds is 3. The highest BCUT2D eigenvalue weighted by Gasteiger charge is 2.30. The molecule has 0 N–H and O–H groups in total. The highest BCUT2D eigenvalue weighted by atomic mass is 16.5. The first-order chi connectivity index (χ1) is 11.1. The van der Waals surface area contributed by atoms with Crippen molar-refractivity contribution in [1.82, 2.24) is 4.98 Å². The van der Waals surface area contributed by atoms with E-state index in [0.717, 1.165) is 11.1 Å². The van der Waals surface area contributed by atoms with Gasteiger partial charge >= 0.3 is 0 Å². The van der Waals surface area contributed by atoms with Gasteiger partial charge in [0, 0.05) is 30.2 Å². The SMILES string of the molecule is CCC(=O)[C@H]1CN(c2ccc(C#N)c3ncccc23)C[C@@H](C)O1. The molecule has 118 valence electrons. The zero-order valence-corrected chi connectivity index (χ0v) is 13.3. The van der Waals surface area contributed by atoms with E-state index in [1.807, 2.05) is 32.0 Å². The second-order valence-corrected chi connectivity index (χ2v) is 5.80. The van der Waals surface area contributed by atoms with Gasteiger partial charge in [-0.3, -0.25) is 9.78 Å². The molecule has 1 saturated heterocycles. The molecular formula is C18H19N3O2. The Kier molecular flexibility index (Phi) is 4.26. The van der Waals surface area contributed by atoms with Crippen LogP contribution in [0.4, 0.5) is 5.69 Å². The van der Waals surface area contributed by atoms with Gasteiger partial charge in [0.05, 0.1) is 23.7 Å². The zero-order valence-electron chi connectivity index (χ0n) is 13.3. The fourth-order valence-electron chi connectivity index (χ4n) is 3.08. The highest BCUT2D eigenvalue weighted by molar-refractivity contribution is 5.95. The molecule has 2 atom stereocenters. The summed E-state index contributed by atoms with van der Waals surface area (Å²) in [6.07, 6.45) is 1.75. The number of hydrogen-bond acceptors (Lipinski definition) is 5. The third-order valence-electron chi connectivity index (χ3n) is 4.18. The van der Waals surface area contributed by atoms with Gasteiger partial charge in [0.2, 0.25) is 0 Å². The van der Waals surface area contributed by atoms with Crippen molar-refractivity contribution in [3.63, 3.8) is 0 Å². The van der Waals surface area contributed by atoms with Crippen molar-refractivity contribution in [3.05, 3.63) is 36.0 Å². The van der Waals surface area contributed by atoms with Crippen LogP contribution >= 0.6 is 0 Å². The van der Waals surface area contributed by atoms with Crippen molar-refractivity contribution in [2.45, 2.75) is 32.5 Å². The molecule has 0 spiro atoms. The number of ketones is 1. The van der Waals surface area contributed by atoms with Crippen LogP contribution in [0.5, 0.6) is 0 Å². The predicted octanol–water partition coefficient (Wildman–Crippen LogP) is 2.68. The van der Waals surface area contributed by atoms with Crippen molar-refractivity contribution in [3.8, 4) is 6.07 Å². The van der Waals surface area contributed by atoms with Gasteiger partial charge in [-0.25, -0.2) is 0 Å². The van der Waals surface area contributed by atoms with Crippen molar-refractivity contribution < 1.29 is 9.53 Å². The average Bonchev–Trinajstić information content (AvgIpc) is 2.59. The summed E-state index contributed by atoms with van der Waals surface area (Å²) < 4.78 is 5.79. The second-order valence-electron chi connectivity index (χ2n) is 5.80. The number of pyridine rings is 1. The molecule has 0 bridgehead atoms. The lowest BCUT2D eigenvalue weighted by Crippen LogP contribution is -2.49. The minimum absolute atomic E-state index is 0.0217. The first kappa shape index (κ1) is 15.4. The lowest BCUT2D eigenvalue weighted by molar-refractivity contribution is -0.134. The average molecular weight is 309 g/mol. The first-order valence-corrected chi connectivity index (χ1v) is 7.85. The molecule has 1 fully saturated rings. The van der Waals surface area contributed by atoms with Crippen LogP contribution in [0.15, 0.2) is 30.5 Å². The topological polar surface area (TPSA) is 66.2 Å². The molecule has 2 aromatic rings. The number of benzene rings is 1. The third kappa shape index (κ3) is 2.90. The van der Waals surface area contributed by atoms with Crippen molar-refractivity contribution >= 4 is 22.4 Å². The molecule has 3 rings (SSSR count). The fraction of sp³-hybridized carbons (Fsp3) is 0.389. The number of ether oxygens (including phenoxy) is 1. The van der Waals surface area contributed by atoms with Crippen LogP contribution < -0.4 is 4.90 Å². The number of morpholine rings is 1. The lowest BCUT2D eigenvalue weighted by atomic mass is 10.0. The molecule has 0 radical (unpaired) electrons. The molecule has 23 heavy (non-hydrogen) atoms. The van der Waals surface area contributed by atoms with E-state index in [0.29, 0.717) is 30.6 Å². The number of fused-ring (bicyclic) bond motifs is 1. The molecule has 1 aromatic heterocycles. The number of carbonyl (C=O) groups is 1. The number of carbonyl (C=O) groups excluding carboxylic acids is 1. The lowest BCUT2D eigenvalue weighted by Gasteiger charge is -2.38.